The summed E-state index contributed by atoms with van der Waals surface area (Å²) in [5.74, 6) is 0. The lowest BCUT2D eigenvalue weighted by molar-refractivity contribution is -0.697. The molecular weight excluding hydrogens is 307 g/mol. The number of hydrogen-bond donors (Lipinski definition) is 0. The topological polar surface area (TPSA) is 61.1 Å². The molecule has 0 spiro atoms. The van der Waals surface area contributed by atoms with E-state index in [2.05, 4.69) is 42.9 Å². The molecule has 21 heavy (non-hydrogen) atoms. The lowest BCUT2D eigenvalue weighted by Gasteiger charge is -2.08. The Labute approximate surface area is 123 Å². The maximum atomic E-state index is 10.7. The third-order valence-electron chi connectivity index (χ3n) is 2.51. The van der Waals surface area contributed by atoms with E-state index in [1.165, 1.54) is 31.2 Å². The van der Waals surface area contributed by atoms with Crippen molar-refractivity contribution in [1.82, 2.24) is 0 Å². The van der Waals surface area contributed by atoms with E-state index in [0.717, 1.165) is 6.54 Å². The van der Waals surface area contributed by atoms with Gasteiger partial charge in [-0.2, -0.15) is 13.2 Å². The van der Waals surface area contributed by atoms with Crippen LogP contribution in [-0.4, -0.2) is 18.5 Å². The fourth-order valence-electron chi connectivity index (χ4n) is 1.49. The molecule has 0 amide bonds. The highest BCUT2D eigenvalue weighted by molar-refractivity contribution is 7.86. The van der Waals surface area contributed by atoms with E-state index >= 15 is 0 Å². The molecule has 0 aliphatic heterocycles. The van der Waals surface area contributed by atoms with Gasteiger partial charge in [-0.25, -0.2) is 13.0 Å². The summed E-state index contributed by atoms with van der Waals surface area (Å²) in [7, 11) is -6.09. The van der Waals surface area contributed by atoms with Gasteiger partial charge in [0.1, 0.15) is 6.54 Å². The highest BCUT2D eigenvalue weighted by atomic mass is 32.2. The van der Waals surface area contributed by atoms with E-state index < -0.39 is 15.6 Å². The molecule has 1 rings (SSSR count). The van der Waals surface area contributed by atoms with Crippen LogP contribution in [0.5, 0.6) is 0 Å². The zero-order valence-corrected chi connectivity index (χ0v) is 12.9. The molecule has 1 heterocycles. The summed E-state index contributed by atoms with van der Waals surface area (Å²) < 4.78 is 61.2. The van der Waals surface area contributed by atoms with Gasteiger partial charge in [0, 0.05) is 18.1 Å². The third kappa shape index (κ3) is 8.67. The number of rotatable bonds is 5. The smallest absolute Gasteiger partial charge is 0.485 e. The van der Waals surface area contributed by atoms with Crippen molar-refractivity contribution in [3.8, 4) is 0 Å². The van der Waals surface area contributed by atoms with Gasteiger partial charge in [0.05, 0.1) is 0 Å². The summed E-state index contributed by atoms with van der Waals surface area (Å²) in [6, 6.07) is 4.37. The zero-order chi connectivity index (χ0) is 16.5. The van der Waals surface area contributed by atoms with Crippen molar-refractivity contribution in [2.24, 2.45) is 0 Å². The predicted octanol–water partition coefficient (Wildman–Crippen LogP) is 2.78. The van der Waals surface area contributed by atoms with Crippen LogP contribution in [-0.2, 0) is 23.1 Å². The first-order chi connectivity index (χ1) is 9.61. The van der Waals surface area contributed by atoms with Crippen LogP contribution in [0.2, 0.25) is 0 Å². The second kappa shape index (κ2) is 8.99. The molecule has 0 aliphatic rings. The lowest BCUT2D eigenvalue weighted by Crippen LogP contribution is -2.33. The Balaban J connectivity index is 0.000000433. The zero-order valence-electron chi connectivity index (χ0n) is 12.1. The highest BCUT2D eigenvalue weighted by Gasteiger charge is 2.36. The first-order valence-corrected chi connectivity index (χ1v) is 8.02. The number of nitrogens with zero attached hydrogens (tertiary/aromatic N) is 1. The Morgan fingerprint density at radius 1 is 1.24 bits per heavy atom. The SMILES string of the molecule is CCCC[n+]1cccc(CCC)c1.O=S(=O)([O-])C(F)(F)F. The molecule has 0 radical (unpaired) electrons. The maximum Gasteiger partial charge on any atom is 0.485 e. The van der Waals surface area contributed by atoms with Crippen LogP contribution in [0, 0.1) is 0 Å². The van der Waals surface area contributed by atoms with Gasteiger partial charge in [-0.05, 0) is 12.5 Å². The normalized spacial score (nSPS) is 11.7. The minimum absolute atomic E-state index is 1.16. The molecule has 0 N–H and O–H groups in total. The van der Waals surface area contributed by atoms with Crippen molar-refractivity contribution in [2.45, 2.75) is 51.6 Å². The summed E-state index contributed by atoms with van der Waals surface area (Å²) in [5, 5.41) is 0. The van der Waals surface area contributed by atoms with Crippen molar-refractivity contribution >= 4 is 10.1 Å². The van der Waals surface area contributed by atoms with Crippen molar-refractivity contribution in [2.75, 3.05) is 0 Å². The van der Waals surface area contributed by atoms with Gasteiger partial charge >= 0.3 is 5.51 Å². The molecule has 0 fully saturated rings. The third-order valence-corrected chi connectivity index (χ3v) is 3.08. The summed E-state index contributed by atoms with van der Waals surface area (Å²) in [6.07, 6.45) is 9.42. The lowest BCUT2D eigenvalue weighted by atomic mass is 10.2. The minimum Gasteiger partial charge on any atom is -0.741 e. The molecule has 4 nitrogen and oxygen atoms in total. The van der Waals surface area contributed by atoms with Crippen LogP contribution in [0.1, 0.15) is 38.7 Å². The van der Waals surface area contributed by atoms with E-state index in [-0.39, 0.29) is 0 Å². The molecule has 8 heteroatoms. The molecule has 0 unspecified atom stereocenters. The number of aromatic nitrogens is 1. The summed E-state index contributed by atoms with van der Waals surface area (Å²) in [5.41, 5.74) is -4.19. The van der Waals surface area contributed by atoms with E-state index in [0.29, 0.717) is 0 Å². The fourth-order valence-corrected chi connectivity index (χ4v) is 1.49. The number of hydrogen-bond acceptors (Lipinski definition) is 3. The van der Waals surface area contributed by atoms with Gasteiger partial charge in [-0.3, -0.25) is 0 Å². The molecule has 1 aromatic rings. The van der Waals surface area contributed by atoms with Crippen LogP contribution in [0.15, 0.2) is 24.5 Å². The minimum atomic E-state index is -6.09. The van der Waals surface area contributed by atoms with E-state index in [1.54, 1.807) is 0 Å². The molecule has 122 valence electrons. The van der Waals surface area contributed by atoms with Crippen molar-refractivity contribution in [3.63, 3.8) is 0 Å². The van der Waals surface area contributed by atoms with Gasteiger partial charge in [-0.1, -0.05) is 26.7 Å². The molecule has 0 atom stereocenters. The van der Waals surface area contributed by atoms with E-state index in [4.69, 9.17) is 13.0 Å². The van der Waals surface area contributed by atoms with Gasteiger partial charge in [0.15, 0.2) is 22.5 Å². The standard InChI is InChI=1S/C12H20N.CHF3O3S/c1-3-5-9-13-10-6-8-12(11-13)7-4-2;2-1(3,4)8(5,6)7/h6,8,10-11H,3-5,7,9H2,1-2H3;(H,5,6,7)/q+1;/p-1. The van der Waals surface area contributed by atoms with Crippen molar-refractivity contribution in [1.29, 1.82) is 0 Å². The Kier molecular flexibility index (Phi) is 8.50. The molecule has 0 aliphatic carbocycles. The Morgan fingerprint density at radius 3 is 2.24 bits per heavy atom. The number of unbranched alkanes of at least 4 members (excludes halogenated alkanes) is 1. The first kappa shape index (κ1) is 19.9. The summed E-state index contributed by atoms with van der Waals surface area (Å²) >= 11 is 0. The Hall–Kier alpha value is -1.15. The number of halogens is 3. The second-order valence-corrected chi connectivity index (χ2v) is 5.82. The Bertz CT molecular complexity index is 516. The van der Waals surface area contributed by atoms with Crippen molar-refractivity contribution in [3.05, 3.63) is 30.1 Å². The molecule has 0 saturated heterocycles. The summed E-state index contributed by atoms with van der Waals surface area (Å²) in [6.45, 7) is 5.62. The van der Waals surface area contributed by atoms with Crippen LogP contribution in [0.3, 0.4) is 0 Å². The van der Waals surface area contributed by atoms with Crippen LogP contribution in [0.4, 0.5) is 13.2 Å². The van der Waals surface area contributed by atoms with Crippen molar-refractivity contribution < 1.29 is 30.7 Å². The average molecular weight is 327 g/mol. The number of pyridine rings is 1. The highest BCUT2D eigenvalue weighted by Crippen LogP contribution is 2.20. The predicted molar refractivity (Wildman–Crippen MR) is 71.3 cm³/mol. The second-order valence-electron chi connectivity index (χ2n) is 4.45. The van der Waals surface area contributed by atoms with Crippen LogP contribution in [0.25, 0.3) is 0 Å². The van der Waals surface area contributed by atoms with Crippen LogP contribution >= 0.6 is 0 Å². The molecule has 1 aromatic heterocycles. The first-order valence-electron chi connectivity index (χ1n) is 6.62. The molecule has 0 aromatic carbocycles. The largest absolute Gasteiger partial charge is 0.741 e. The quantitative estimate of drug-likeness (QED) is 0.475. The monoisotopic (exact) mass is 327 g/mol. The Morgan fingerprint density at radius 2 is 1.81 bits per heavy atom. The number of aryl methyl sites for hydroxylation is 2. The molecular formula is C13H20F3NO3S. The van der Waals surface area contributed by atoms with Gasteiger partial charge in [0.25, 0.3) is 0 Å². The fraction of sp³-hybridized carbons (Fsp3) is 0.615. The van der Waals surface area contributed by atoms with Crippen LogP contribution < -0.4 is 4.57 Å². The molecule has 0 bridgehead atoms. The average Bonchev–Trinajstić information content (AvgIpc) is 2.35. The summed E-state index contributed by atoms with van der Waals surface area (Å²) in [4.78, 5) is 0. The maximum absolute atomic E-state index is 10.7. The van der Waals surface area contributed by atoms with Gasteiger partial charge in [0.2, 0.25) is 0 Å². The van der Waals surface area contributed by atoms with E-state index in [9.17, 15) is 13.2 Å². The van der Waals surface area contributed by atoms with Gasteiger partial charge in [-0.15, -0.1) is 0 Å². The number of alkyl halides is 3. The molecule has 0 saturated carbocycles. The van der Waals surface area contributed by atoms with Gasteiger partial charge < -0.3 is 4.55 Å². The van der Waals surface area contributed by atoms with E-state index in [1.807, 2.05) is 0 Å².